The van der Waals surface area contributed by atoms with E-state index in [0.29, 0.717) is 5.56 Å². The molecule has 21 heavy (non-hydrogen) atoms. The minimum absolute atomic E-state index is 0.0814. The molecule has 0 bridgehead atoms. The Labute approximate surface area is 123 Å². The zero-order valence-corrected chi connectivity index (χ0v) is 12.8. The molecule has 0 unspecified atom stereocenters. The first-order valence-electron chi connectivity index (χ1n) is 6.08. The van der Waals surface area contributed by atoms with Crippen LogP contribution in [0.3, 0.4) is 0 Å². The molecule has 5 nitrogen and oxygen atoms in total. The molecule has 0 radical (unpaired) electrons. The number of carbonyl (C=O) groups is 1. The van der Waals surface area contributed by atoms with Gasteiger partial charge in [0.2, 0.25) is 0 Å². The maximum absolute atomic E-state index is 12.7. The fourth-order valence-electron chi connectivity index (χ4n) is 1.28. The Morgan fingerprint density at radius 1 is 1.29 bits per heavy atom. The summed E-state index contributed by atoms with van der Waals surface area (Å²) in [4.78, 5) is 10.9. The number of rotatable bonds is 2. The molecular weight excluding hydrogens is 297 g/mol. The second kappa shape index (κ2) is 6.59. The van der Waals surface area contributed by atoms with E-state index in [4.69, 9.17) is 4.74 Å². The van der Waals surface area contributed by atoms with Crippen molar-refractivity contribution in [1.29, 1.82) is 0 Å². The van der Waals surface area contributed by atoms with E-state index < -0.39 is 26.8 Å². The van der Waals surface area contributed by atoms with Crippen LogP contribution in [0.15, 0.2) is 29.2 Å². The molecule has 0 saturated heterocycles. The van der Waals surface area contributed by atoms with E-state index in [9.17, 15) is 17.1 Å². The van der Waals surface area contributed by atoms with Crippen LogP contribution in [0, 0.1) is 11.8 Å². The van der Waals surface area contributed by atoms with Gasteiger partial charge < -0.3 is 10.1 Å². The number of carbonyl (C=O) groups excluding carboxylic acids is 1. The molecule has 114 valence electrons. The number of hydrogen-bond acceptors (Lipinski definition) is 4. The van der Waals surface area contributed by atoms with Crippen LogP contribution in [0.25, 0.3) is 0 Å². The highest BCUT2D eigenvalue weighted by Crippen LogP contribution is 2.12. The SMILES string of the molecule is CC(C)(C)OC(=O)NCC#Cc1ccc(S(=O)(=O)F)cc1. The van der Waals surface area contributed by atoms with E-state index in [1.165, 1.54) is 12.1 Å². The zero-order valence-electron chi connectivity index (χ0n) is 11.9. The van der Waals surface area contributed by atoms with Gasteiger partial charge in [-0.2, -0.15) is 8.42 Å². The van der Waals surface area contributed by atoms with Crippen LogP contribution in [-0.2, 0) is 15.0 Å². The van der Waals surface area contributed by atoms with Gasteiger partial charge in [0.15, 0.2) is 0 Å². The number of hydrogen-bond donors (Lipinski definition) is 1. The third-order valence-corrected chi connectivity index (χ3v) is 2.92. The Hall–Kier alpha value is -2.07. The van der Waals surface area contributed by atoms with Crippen LogP contribution in [0.4, 0.5) is 8.68 Å². The van der Waals surface area contributed by atoms with Gasteiger partial charge in [-0.05, 0) is 45.0 Å². The number of benzene rings is 1. The van der Waals surface area contributed by atoms with Crippen LogP contribution in [0.5, 0.6) is 0 Å². The molecule has 0 aliphatic carbocycles. The van der Waals surface area contributed by atoms with E-state index in [-0.39, 0.29) is 6.54 Å². The molecule has 1 aromatic carbocycles. The summed E-state index contributed by atoms with van der Waals surface area (Å²) in [7, 11) is -4.70. The molecule has 0 aliphatic rings. The Bertz CT molecular complexity index is 664. The Balaban J connectivity index is 2.55. The topological polar surface area (TPSA) is 72.5 Å². The van der Waals surface area contributed by atoms with Crippen molar-refractivity contribution < 1.29 is 21.8 Å². The first-order chi connectivity index (χ1) is 9.58. The second-order valence-electron chi connectivity index (χ2n) is 5.12. The lowest BCUT2D eigenvalue weighted by Crippen LogP contribution is -2.32. The molecule has 0 fully saturated rings. The lowest BCUT2D eigenvalue weighted by molar-refractivity contribution is 0.0535. The Morgan fingerprint density at radius 2 is 1.86 bits per heavy atom. The van der Waals surface area contributed by atoms with Gasteiger partial charge >= 0.3 is 16.3 Å². The minimum atomic E-state index is -4.70. The standard InChI is InChI=1S/C14H16FNO4S/c1-14(2,3)20-13(17)16-10-4-5-11-6-8-12(9-7-11)21(15,18)19/h6-9H,10H2,1-3H3,(H,16,17). The smallest absolute Gasteiger partial charge is 0.408 e. The number of halogens is 1. The first kappa shape index (κ1) is 17.0. The molecule has 1 aromatic rings. The van der Waals surface area contributed by atoms with Gasteiger partial charge in [0.25, 0.3) is 0 Å². The molecule has 0 aliphatic heterocycles. The second-order valence-corrected chi connectivity index (χ2v) is 6.47. The van der Waals surface area contributed by atoms with Crippen LogP contribution >= 0.6 is 0 Å². The number of nitrogens with one attached hydrogen (secondary N) is 1. The third kappa shape index (κ3) is 6.77. The van der Waals surface area contributed by atoms with Gasteiger partial charge in [0.05, 0.1) is 11.4 Å². The van der Waals surface area contributed by atoms with Crippen molar-refractivity contribution in [2.75, 3.05) is 6.54 Å². The van der Waals surface area contributed by atoms with Gasteiger partial charge in [-0.1, -0.05) is 11.8 Å². The van der Waals surface area contributed by atoms with Crippen LogP contribution in [0.1, 0.15) is 26.3 Å². The highest BCUT2D eigenvalue weighted by atomic mass is 32.3. The van der Waals surface area contributed by atoms with E-state index in [1.54, 1.807) is 20.8 Å². The molecule has 0 aromatic heterocycles. The number of alkyl carbamates (subject to hydrolysis) is 1. The summed E-state index contributed by atoms with van der Waals surface area (Å²) in [5.74, 6) is 5.38. The van der Waals surface area contributed by atoms with Gasteiger partial charge in [-0.15, -0.1) is 3.89 Å². The van der Waals surface area contributed by atoms with Crippen LogP contribution in [-0.4, -0.2) is 26.7 Å². The van der Waals surface area contributed by atoms with Crippen molar-refractivity contribution in [3.05, 3.63) is 29.8 Å². The summed E-state index contributed by atoms with van der Waals surface area (Å²) in [6, 6.07) is 5.02. The highest BCUT2D eigenvalue weighted by Gasteiger charge is 2.15. The van der Waals surface area contributed by atoms with Gasteiger partial charge in [-0.25, -0.2) is 4.79 Å². The fraction of sp³-hybridized carbons (Fsp3) is 0.357. The predicted molar refractivity (Wildman–Crippen MR) is 75.9 cm³/mol. The average Bonchev–Trinajstić information content (AvgIpc) is 2.32. The Kier molecular flexibility index (Phi) is 5.33. The van der Waals surface area contributed by atoms with E-state index in [2.05, 4.69) is 17.2 Å². The quantitative estimate of drug-likeness (QED) is 0.671. The molecule has 0 atom stereocenters. The van der Waals surface area contributed by atoms with Crippen molar-refractivity contribution in [2.24, 2.45) is 0 Å². The van der Waals surface area contributed by atoms with Crippen LogP contribution < -0.4 is 5.32 Å². The summed E-state index contributed by atoms with van der Waals surface area (Å²) in [6.45, 7) is 5.33. The van der Waals surface area contributed by atoms with Crippen LogP contribution in [0.2, 0.25) is 0 Å². The van der Waals surface area contributed by atoms with Gasteiger partial charge in [0, 0.05) is 5.56 Å². The monoisotopic (exact) mass is 313 g/mol. The summed E-state index contributed by atoms with van der Waals surface area (Å²) in [5, 5.41) is 2.45. The molecule has 0 spiro atoms. The summed E-state index contributed by atoms with van der Waals surface area (Å²) < 4.78 is 38.9. The minimum Gasteiger partial charge on any atom is -0.444 e. The molecular formula is C14H16FNO4S. The van der Waals surface area contributed by atoms with E-state index >= 15 is 0 Å². The summed E-state index contributed by atoms with van der Waals surface area (Å²) in [6.07, 6.45) is -0.573. The van der Waals surface area contributed by atoms with Gasteiger partial charge in [-0.3, -0.25) is 0 Å². The molecule has 0 heterocycles. The summed E-state index contributed by atoms with van der Waals surface area (Å²) >= 11 is 0. The molecule has 1 amide bonds. The lowest BCUT2D eigenvalue weighted by Gasteiger charge is -2.18. The molecule has 0 saturated carbocycles. The summed E-state index contributed by atoms with van der Waals surface area (Å²) in [5.41, 5.74) is -0.0704. The van der Waals surface area contributed by atoms with E-state index in [1.807, 2.05) is 0 Å². The average molecular weight is 313 g/mol. The maximum atomic E-state index is 12.7. The van der Waals surface area contributed by atoms with Gasteiger partial charge in [0.1, 0.15) is 5.60 Å². The Morgan fingerprint density at radius 3 is 2.33 bits per heavy atom. The highest BCUT2D eigenvalue weighted by molar-refractivity contribution is 7.86. The van der Waals surface area contributed by atoms with Crippen molar-refractivity contribution in [3.63, 3.8) is 0 Å². The van der Waals surface area contributed by atoms with E-state index in [0.717, 1.165) is 12.1 Å². The molecule has 1 rings (SSSR count). The predicted octanol–water partition coefficient (Wildman–Crippen LogP) is 2.22. The van der Waals surface area contributed by atoms with Crippen molar-refractivity contribution in [3.8, 4) is 11.8 Å². The van der Waals surface area contributed by atoms with Crippen molar-refractivity contribution >= 4 is 16.3 Å². The largest absolute Gasteiger partial charge is 0.444 e. The molecule has 1 N–H and O–H groups in total. The first-order valence-corrected chi connectivity index (χ1v) is 7.47. The lowest BCUT2D eigenvalue weighted by atomic mass is 10.2. The fourth-order valence-corrected chi connectivity index (χ4v) is 1.74. The normalized spacial score (nSPS) is 11.2. The third-order valence-electron chi connectivity index (χ3n) is 2.09. The maximum Gasteiger partial charge on any atom is 0.408 e. The zero-order chi connectivity index (χ0) is 16.1. The van der Waals surface area contributed by atoms with Crippen molar-refractivity contribution in [1.82, 2.24) is 5.32 Å². The molecule has 7 heteroatoms. The van der Waals surface area contributed by atoms with Crippen molar-refractivity contribution in [2.45, 2.75) is 31.3 Å². The number of amides is 1. The number of ether oxygens (including phenoxy) is 1.